The predicted octanol–water partition coefficient (Wildman–Crippen LogP) is 0.236. The molecule has 1 aliphatic rings. The molecule has 3 N–H and O–H groups in total. The van der Waals surface area contributed by atoms with E-state index in [4.69, 9.17) is 0 Å². The summed E-state index contributed by atoms with van der Waals surface area (Å²) in [4.78, 5) is 25.8. The average Bonchev–Trinajstić information content (AvgIpc) is 2.54. The number of ether oxygens (including phenoxy) is 1. The van der Waals surface area contributed by atoms with Crippen molar-refractivity contribution in [1.82, 2.24) is 15.5 Å². The molecule has 0 aromatic heterocycles. The van der Waals surface area contributed by atoms with E-state index >= 15 is 0 Å². The zero-order valence-electron chi connectivity index (χ0n) is 13.0. The molecule has 1 fully saturated rings. The van der Waals surface area contributed by atoms with Gasteiger partial charge >= 0.3 is 5.97 Å². The number of hydrogen-bond acceptors (Lipinski definition) is 6. The zero-order valence-corrected chi connectivity index (χ0v) is 13.8. The number of halogens is 1. The maximum Gasteiger partial charge on any atom is 0.338 e. The van der Waals surface area contributed by atoms with E-state index in [-0.39, 0.29) is 35.2 Å². The second kappa shape index (κ2) is 9.34. The van der Waals surface area contributed by atoms with Crippen molar-refractivity contribution in [2.24, 2.45) is 0 Å². The Balaban J connectivity index is 0.00000264. The second-order valence-electron chi connectivity index (χ2n) is 5.11. The van der Waals surface area contributed by atoms with Crippen LogP contribution in [0.2, 0.25) is 0 Å². The van der Waals surface area contributed by atoms with Crippen LogP contribution >= 0.6 is 12.4 Å². The quantitative estimate of drug-likeness (QED) is 0.663. The Labute approximate surface area is 141 Å². The molecule has 0 unspecified atom stereocenters. The Bertz CT molecular complexity index is 548. The Hall–Kier alpha value is -1.83. The number of aromatic hydroxyl groups is 1. The van der Waals surface area contributed by atoms with Crippen molar-refractivity contribution in [1.29, 1.82) is 0 Å². The summed E-state index contributed by atoms with van der Waals surface area (Å²) >= 11 is 0. The number of carbonyl (C=O) groups is 2. The molecule has 0 bridgehead atoms. The molecule has 1 heterocycles. The number of nitrogens with one attached hydrogen (secondary N) is 2. The molecule has 0 atom stereocenters. The Morgan fingerprint density at radius 3 is 2.57 bits per heavy atom. The molecule has 0 spiro atoms. The van der Waals surface area contributed by atoms with E-state index in [0.29, 0.717) is 6.54 Å². The van der Waals surface area contributed by atoms with Crippen molar-refractivity contribution in [3.8, 4) is 5.75 Å². The fraction of sp³-hybridized carbons (Fsp3) is 0.467. The molecule has 1 aromatic rings. The molecule has 0 saturated carbocycles. The van der Waals surface area contributed by atoms with Gasteiger partial charge in [0.05, 0.1) is 12.7 Å². The van der Waals surface area contributed by atoms with E-state index in [2.05, 4.69) is 20.3 Å². The monoisotopic (exact) mass is 343 g/mol. The van der Waals surface area contributed by atoms with Crippen molar-refractivity contribution in [2.75, 3.05) is 46.4 Å². The van der Waals surface area contributed by atoms with Crippen LogP contribution in [0.3, 0.4) is 0 Å². The number of rotatable bonds is 5. The summed E-state index contributed by atoms with van der Waals surface area (Å²) in [6.45, 7) is 5.15. The van der Waals surface area contributed by atoms with Gasteiger partial charge in [0.1, 0.15) is 5.75 Å². The number of esters is 1. The third kappa shape index (κ3) is 5.70. The third-order valence-corrected chi connectivity index (χ3v) is 3.52. The molecular formula is C15H22ClN3O4. The van der Waals surface area contributed by atoms with Crippen LogP contribution in [0.15, 0.2) is 18.2 Å². The van der Waals surface area contributed by atoms with Gasteiger partial charge in [-0.2, -0.15) is 0 Å². The van der Waals surface area contributed by atoms with Crippen LogP contribution < -0.4 is 10.6 Å². The number of carbonyl (C=O) groups excluding carboxylic acids is 2. The van der Waals surface area contributed by atoms with Gasteiger partial charge < -0.3 is 20.5 Å². The number of piperazine rings is 1. The number of nitrogens with zero attached hydrogens (tertiary/aromatic N) is 1. The minimum atomic E-state index is -0.592. The summed E-state index contributed by atoms with van der Waals surface area (Å²) in [5.74, 6) is -1.06. The van der Waals surface area contributed by atoms with Crippen LogP contribution in [0.25, 0.3) is 0 Å². The molecule has 0 aliphatic carbocycles. The van der Waals surface area contributed by atoms with Gasteiger partial charge in [0.15, 0.2) is 0 Å². The molecule has 8 heteroatoms. The van der Waals surface area contributed by atoms with Gasteiger partial charge in [0, 0.05) is 44.8 Å². The highest BCUT2D eigenvalue weighted by Gasteiger charge is 2.14. The van der Waals surface area contributed by atoms with Crippen molar-refractivity contribution in [3.63, 3.8) is 0 Å². The Morgan fingerprint density at radius 1 is 1.26 bits per heavy atom. The van der Waals surface area contributed by atoms with Crippen LogP contribution in [0, 0.1) is 0 Å². The van der Waals surface area contributed by atoms with Crippen LogP contribution in [0.5, 0.6) is 5.75 Å². The molecule has 7 nitrogen and oxygen atoms in total. The normalized spacial score (nSPS) is 14.7. The van der Waals surface area contributed by atoms with Gasteiger partial charge in [-0.05, 0) is 18.2 Å². The number of amides is 1. The Morgan fingerprint density at radius 2 is 1.91 bits per heavy atom. The van der Waals surface area contributed by atoms with E-state index < -0.39 is 5.97 Å². The first-order valence-electron chi connectivity index (χ1n) is 7.24. The summed E-state index contributed by atoms with van der Waals surface area (Å²) in [6.07, 6.45) is 0. The van der Waals surface area contributed by atoms with Crippen LogP contribution in [0.4, 0.5) is 0 Å². The maximum absolute atomic E-state index is 12.1. The summed E-state index contributed by atoms with van der Waals surface area (Å²) in [6, 6.07) is 4.00. The maximum atomic E-state index is 12.1. The summed E-state index contributed by atoms with van der Waals surface area (Å²) in [5.41, 5.74) is 0.385. The largest absolute Gasteiger partial charge is 0.508 e. The van der Waals surface area contributed by atoms with Gasteiger partial charge in [-0.25, -0.2) is 4.79 Å². The number of methoxy groups -OCH3 is 1. The van der Waals surface area contributed by atoms with Crippen molar-refractivity contribution >= 4 is 24.3 Å². The van der Waals surface area contributed by atoms with Crippen LogP contribution in [-0.2, 0) is 4.74 Å². The summed E-state index contributed by atoms with van der Waals surface area (Å²) in [7, 11) is 1.25. The van der Waals surface area contributed by atoms with Crippen molar-refractivity contribution in [2.45, 2.75) is 0 Å². The van der Waals surface area contributed by atoms with E-state index in [1.54, 1.807) is 0 Å². The highest BCUT2D eigenvalue weighted by atomic mass is 35.5. The SMILES string of the molecule is COC(=O)c1cc(O)cc(C(=O)NCCN2CCNCC2)c1.Cl. The lowest BCUT2D eigenvalue weighted by Gasteiger charge is -2.27. The lowest BCUT2D eigenvalue weighted by molar-refractivity contribution is 0.0600. The first-order chi connectivity index (χ1) is 10.6. The van der Waals surface area contributed by atoms with E-state index in [1.807, 2.05) is 0 Å². The summed E-state index contributed by atoms with van der Waals surface area (Å²) < 4.78 is 4.59. The third-order valence-electron chi connectivity index (χ3n) is 3.52. The lowest BCUT2D eigenvalue weighted by atomic mass is 10.1. The fourth-order valence-corrected chi connectivity index (χ4v) is 2.34. The second-order valence-corrected chi connectivity index (χ2v) is 5.11. The van der Waals surface area contributed by atoms with E-state index in [0.717, 1.165) is 32.7 Å². The highest BCUT2D eigenvalue weighted by molar-refractivity contribution is 5.98. The molecule has 2 rings (SSSR count). The zero-order chi connectivity index (χ0) is 15.9. The number of phenolic OH excluding ortho intramolecular Hbond substituents is 1. The minimum Gasteiger partial charge on any atom is -0.508 e. The van der Waals surface area contributed by atoms with Gasteiger partial charge in [-0.15, -0.1) is 12.4 Å². The molecule has 0 radical (unpaired) electrons. The standard InChI is InChI=1S/C15H21N3O4.ClH/c1-22-15(21)12-8-11(9-13(19)10-12)14(20)17-4-7-18-5-2-16-3-6-18;/h8-10,16,19H,2-7H2,1H3,(H,17,20);1H. The van der Waals surface area contributed by atoms with Gasteiger partial charge in [0.25, 0.3) is 5.91 Å². The van der Waals surface area contributed by atoms with Gasteiger partial charge in [0.2, 0.25) is 0 Å². The molecule has 1 amide bonds. The molecule has 1 aromatic carbocycles. The number of phenols is 1. The number of benzene rings is 1. The molecular weight excluding hydrogens is 322 g/mol. The van der Waals surface area contributed by atoms with Crippen molar-refractivity contribution in [3.05, 3.63) is 29.3 Å². The number of hydrogen-bond donors (Lipinski definition) is 3. The van der Waals surface area contributed by atoms with E-state index in [1.165, 1.54) is 25.3 Å². The average molecular weight is 344 g/mol. The van der Waals surface area contributed by atoms with E-state index in [9.17, 15) is 14.7 Å². The lowest BCUT2D eigenvalue weighted by Crippen LogP contribution is -2.46. The Kier molecular flexibility index (Phi) is 7.80. The highest BCUT2D eigenvalue weighted by Crippen LogP contribution is 2.16. The van der Waals surface area contributed by atoms with Crippen molar-refractivity contribution < 1.29 is 19.4 Å². The first-order valence-corrected chi connectivity index (χ1v) is 7.24. The molecule has 1 saturated heterocycles. The van der Waals surface area contributed by atoms with Gasteiger partial charge in [-0.1, -0.05) is 0 Å². The molecule has 1 aliphatic heterocycles. The minimum absolute atomic E-state index is 0. The predicted molar refractivity (Wildman–Crippen MR) is 88.3 cm³/mol. The van der Waals surface area contributed by atoms with Crippen LogP contribution in [0.1, 0.15) is 20.7 Å². The molecule has 128 valence electrons. The first kappa shape index (κ1) is 19.2. The van der Waals surface area contributed by atoms with Crippen LogP contribution in [-0.4, -0.2) is 68.3 Å². The smallest absolute Gasteiger partial charge is 0.338 e. The fourth-order valence-electron chi connectivity index (χ4n) is 2.34. The summed E-state index contributed by atoms with van der Waals surface area (Å²) in [5, 5.41) is 15.7. The van der Waals surface area contributed by atoms with Gasteiger partial charge in [-0.3, -0.25) is 9.69 Å². The molecule has 23 heavy (non-hydrogen) atoms. The topological polar surface area (TPSA) is 90.9 Å².